The summed E-state index contributed by atoms with van der Waals surface area (Å²) in [4.78, 5) is 1.21. The van der Waals surface area contributed by atoms with Crippen LogP contribution in [0.15, 0.2) is 17.0 Å². The van der Waals surface area contributed by atoms with Crippen LogP contribution in [0.25, 0.3) is 0 Å². The van der Waals surface area contributed by atoms with E-state index in [1.807, 2.05) is 25.3 Å². The lowest BCUT2D eigenvalue weighted by Gasteiger charge is -2.15. The first-order chi connectivity index (χ1) is 6.60. The van der Waals surface area contributed by atoms with Crippen LogP contribution in [0.3, 0.4) is 0 Å². The third-order valence-corrected chi connectivity index (χ3v) is 3.23. The lowest BCUT2D eigenvalue weighted by atomic mass is 9.99. The summed E-state index contributed by atoms with van der Waals surface area (Å²) in [7, 11) is 0. The normalized spacial score (nSPS) is 12.9. The van der Waals surface area contributed by atoms with Crippen molar-refractivity contribution in [1.82, 2.24) is 0 Å². The van der Waals surface area contributed by atoms with Gasteiger partial charge in [0.05, 0.1) is 0 Å². The number of phenols is 1. The Morgan fingerprint density at radius 3 is 2.64 bits per heavy atom. The molecule has 0 fully saturated rings. The van der Waals surface area contributed by atoms with E-state index in [0.717, 1.165) is 11.1 Å². The Morgan fingerprint density at radius 2 is 2.14 bits per heavy atom. The minimum Gasteiger partial charge on any atom is -0.508 e. The highest BCUT2D eigenvalue weighted by Crippen LogP contribution is 2.32. The first kappa shape index (κ1) is 11.4. The third-order valence-electron chi connectivity index (χ3n) is 2.43. The number of phenolic OH excluding ortho intramolecular Hbond substituents is 1. The van der Waals surface area contributed by atoms with E-state index in [1.165, 1.54) is 4.90 Å². The molecule has 3 N–H and O–H groups in total. The zero-order chi connectivity index (χ0) is 10.7. The number of hydrogen-bond donors (Lipinski definition) is 2. The Balaban J connectivity index is 3.19. The second-order valence-electron chi connectivity index (χ2n) is 3.52. The van der Waals surface area contributed by atoms with Crippen molar-refractivity contribution < 1.29 is 5.11 Å². The molecule has 0 aromatic heterocycles. The Hall–Kier alpha value is -0.670. The molecule has 0 radical (unpaired) electrons. The molecule has 0 saturated heterocycles. The molecule has 14 heavy (non-hydrogen) atoms. The molecule has 0 aliphatic carbocycles. The average Bonchev–Trinajstić information content (AvgIpc) is 2.20. The van der Waals surface area contributed by atoms with Crippen molar-refractivity contribution in [3.8, 4) is 5.75 Å². The summed E-state index contributed by atoms with van der Waals surface area (Å²) in [6.45, 7) is 4.59. The van der Waals surface area contributed by atoms with Gasteiger partial charge in [-0.25, -0.2) is 0 Å². The molecule has 0 spiro atoms. The van der Waals surface area contributed by atoms with Crippen LogP contribution in [0.2, 0.25) is 0 Å². The molecule has 1 aromatic carbocycles. The van der Waals surface area contributed by atoms with E-state index in [4.69, 9.17) is 5.73 Å². The molecule has 1 rings (SSSR count). The van der Waals surface area contributed by atoms with Gasteiger partial charge in [-0.2, -0.15) is 0 Å². The molecule has 1 unspecified atom stereocenters. The Labute approximate surface area is 89.5 Å². The lowest BCUT2D eigenvalue weighted by molar-refractivity contribution is 0.469. The zero-order valence-electron chi connectivity index (χ0n) is 8.87. The number of aryl methyl sites for hydroxylation is 1. The maximum Gasteiger partial charge on any atom is 0.118 e. The van der Waals surface area contributed by atoms with Gasteiger partial charge in [0.2, 0.25) is 0 Å². The van der Waals surface area contributed by atoms with Gasteiger partial charge in [-0.1, -0.05) is 6.92 Å². The molecule has 2 nitrogen and oxygen atoms in total. The third kappa shape index (κ3) is 2.22. The predicted octanol–water partition coefficient (Wildman–Crippen LogP) is 2.48. The number of rotatable bonds is 3. The molecule has 0 aliphatic heterocycles. The van der Waals surface area contributed by atoms with Crippen molar-refractivity contribution in [3.63, 3.8) is 0 Å². The first-order valence-electron chi connectivity index (χ1n) is 4.67. The summed E-state index contributed by atoms with van der Waals surface area (Å²) in [6.07, 6.45) is 2.04. The van der Waals surface area contributed by atoms with Crippen molar-refractivity contribution in [3.05, 3.63) is 23.3 Å². The highest BCUT2D eigenvalue weighted by molar-refractivity contribution is 7.98. The fourth-order valence-corrected chi connectivity index (χ4v) is 2.17. The number of thioether (sulfide) groups is 1. The van der Waals surface area contributed by atoms with Crippen LogP contribution in [0.5, 0.6) is 5.75 Å². The standard InChI is InChI=1S/C11H17NOS/c1-7-4-11(14-3)9(5-10(7)13)8(2)6-12/h4-5,8,13H,6,12H2,1-3H3. The van der Waals surface area contributed by atoms with E-state index in [9.17, 15) is 5.11 Å². The summed E-state index contributed by atoms with van der Waals surface area (Å²) in [6, 6.07) is 3.85. The van der Waals surface area contributed by atoms with Crippen LogP contribution in [0.1, 0.15) is 24.0 Å². The maximum atomic E-state index is 9.61. The lowest BCUT2D eigenvalue weighted by Crippen LogP contribution is -2.09. The average molecular weight is 211 g/mol. The zero-order valence-corrected chi connectivity index (χ0v) is 9.69. The van der Waals surface area contributed by atoms with E-state index >= 15 is 0 Å². The van der Waals surface area contributed by atoms with Crippen LogP contribution in [-0.2, 0) is 0 Å². The summed E-state index contributed by atoms with van der Waals surface area (Å²) in [5, 5.41) is 9.61. The molecule has 1 atom stereocenters. The highest BCUT2D eigenvalue weighted by Gasteiger charge is 2.11. The minimum atomic E-state index is 0.295. The molecule has 0 saturated carbocycles. The Morgan fingerprint density at radius 1 is 1.50 bits per heavy atom. The first-order valence-corrected chi connectivity index (χ1v) is 5.90. The number of aromatic hydroxyl groups is 1. The van der Waals surface area contributed by atoms with Crippen molar-refractivity contribution in [2.45, 2.75) is 24.7 Å². The van der Waals surface area contributed by atoms with Gasteiger partial charge < -0.3 is 10.8 Å². The van der Waals surface area contributed by atoms with Crippen LogP contribution >= 0.6 is 11.8 Å². The fourth-order valence-electron chi connectivity index (χ4n) is 1.38. The van der Waals surface area contributed by atoms with E-state index < -0.39 is 0 Å². The molecule has 0 bridgehead atoms. The second kappa shape index (κ2) is 4.71. The SMILES string of the molecule is CSc1cc(C)c(O)cc1C(C)CN. The second-order valence-corrected chi connectivity index (χ2v) is 4.37. The summed E-state index contributed by atoms with van der Waals surface area (Å²) < 4.78 is 0. The summed E-state index contributed by atoms with van der Waals surface area (Å²) >= 11 is 1.70. The van der Waals surface area contributed by atoms with Gasteiger partial charge in [-0.3, -0.25) is 0 Å². The molecular formula is C11H17NOS. The van der Waals surface area contributed by atoms with Gasteiger partial charge in [-0.15, -0.1) is 11.8 Å². The maximum absolute atomic E-state index is 9.61. The van der Waals surface area contributed by atoms with Gasteiger partial charge in [-0.05, 0) is 48.9 Å². The molecule has 0 heterocycles. The van der Waals surface area contributed by atoms with Gasteiger partial charge in [0, 0.05) is 4.90 Å². The molecular weight excluding hydrogens is 194 g/mol. The summed E-state index contributed by atoms with van der Waals surface area (Å²) in [5.74, 6) is 0.655. The van der Waals surface area contributed by atoms with Crippen molar-refractivity contribution in [2.24, 2.45) is 5.73 Å². The summed E-state index contributed by atoms with van der Waals surface area (Å²) in [5.41, 5.74) is 7.69. The quantitative estimate of drug-likeness (QED) is 0.755. The van der Waals surface area contributed by atoms with Gasteiger partial charge in [0.25, 0.3) is 0 Å². The van der Waals surface area contributed by atoms with Crippen LogP contribution in [0.4, 0.5) is 0 Å². The monoisotopic (exact) mass is 211 g/mol. The van der Waals surface area contributed by atoms with E-state index in [0.29, 0.717) is 18.2 Å². The molecule has 0 aliphatic rings. The smallest absolute Gasteiger partial charge is 0.118 e. The topological polar surface area (TPSA) is 46.2 Å². The highest BCUT2D eigenvalue weighted by atomic mass is 32.2. The largest absolute Gasteiger partial charge is 0.508 e. The molecule has 78 valence electrons. The van der Waals surface area contributed by atoms with Crippen molar-refractivity contribution in [1.29, 1.82) is 0 Å². The Kier molecular flexibility index (Phi) is 3.84. The molecule has 1 aromatic rings. The van der Waals surface area contributed by atoms with E-state index in [-0.39, 0.29) is 0 Å². The van der Waals surface area contributed by atoms with Gasteiger partial charge >= 0.3 is 0 Å². The number of hydrogen-bond acceptors (Lipinski definition) is 3. The minimum absolute atomic E-state index is 0.295. The van der Waals surface area contributed by atoms with E-state index in [1.54, 1.807) is 11.8 Å². The Bertz CT molecular complexity index is 325. The van der Waals surface area contributed by atoms with Crippen LogP contribution in [0, 0.1) is 6.92 Å². The fraction of sp³-hybridized carbons (Fsp3) is 0.455. The van der Waals surface area contributed by atoms with Crippen molar-refractivity contribution in [2.75, 3.05) is 12.8 Å². The number of nitrogens with two attached hydrogens (primary N) is 1. The van der Waals surface area contributed by atoms with E-state index in [2.05, 4.69) is 6.92 Å². The van der Waals surface area contributed by atoms with Crippen LogP contribution < -0.4 is 5.73 Å². The predicted molar refractivity (Wildman–Crippen MR) is 62.1 cm³/mol. The van der Waals surface area contributed by atoms with Crippen LogP contribution in [-0.4, -0.2) is 17.9 Å². The molecule has 3 heteroatoms. The van der Waals surface area contributed by atoms with Gasteiger partial charge in [0.1, 0.15) is 5.75 Å². The number of benzene rings is 1. The van der Waals surface area contributed by atoms with Gasteiger partial charge in [0.15, 0.2) is 0 Å². The molecule has 0 amide bonds. The van der Waals surface area contributed by atoms with Crippen molar-refractivity contribution >= 4 is 11.8 Å².